The van der Waals surface area contributed by atoms with E-state index < -0.39 is 0 Å². The molecular weight excluding hydrogens is 350 g/mol. The van der Waals surface area contributed by atoms with Gasteiger partial charge in [-0.05, 0) is 48.0 Å². The standard InChI is InChI=1S/C18H17N5S2/c1-24-14-5-11-7-20-6-10(11)4-13(14)23-17-16-12-2-3-19-8-15(12)25-18(16)22-9-21-17/h4-6,9,19H,2-3,7-8H2,1H3,(H,21,22,23). The van der Waals surface area contributed by atoms with Gasteiger partial charge in [0.25, 0.3) is 0 Å². The van der Waals surface area contributed by atoms with E-state index in [-0.39, 0.29) is 0 Å². The minimum atomic E-state index is 0.784. The molecule has 25 heavy (non-hydrogen) atoms. The second-order valence-corrected chi connectivity index (χ2v) is 8.11. The van der Waals surface area contributed by atoms with Gasteiger partial charge in [-0.25, -0.2) is 9.97 Å². The minimum absolute atomic E-state index is 0.784. The summed E-state index contributed by atoms with van der Waals surface area (Å²) in [6.07, 6.45) is 6.76. The van der Waals surface area contributed by atoms with Crippen molar-refractivity contribution in [2.45, 2.75) is 24.4 Å². The van der Waals surface area contributed by atoms with Gasteiger partial charge in [0.2, 0.25) is 0 Å². The summed E-state index contributed by atoms with van der Waals surface area (Å²) < 4.78 is 0. The largest absolute Gasteiger partial charge is 0.339 e. The fourth-order valence-corrected chi connectivity index (χ4v) is 5.23. The third-order valence-electron chi connectivity index (χ3n) is 4.71. The van der Waals surface area contributed by atoms with E-state index in [1.165, 1.54) is 31.8 Å². The topological polar surface area (TPSA) is 62.2 Å². The summed E-state index contributed by atoms with van der Waals surface area (Å²) in [4.78, 5) is 17.1. The first-order chi connectivity index (χ1) is 12.3. The molecule has 0 fully saturated rings. The van der Waals surface area contributed by atoms with E-state index in [0.29, 0.717) is 0 Å². The highest BCUT2D eigenvalue weighted by atomic mass is 32.2. The Bertz CT molecular complexity index is 1010. The SMILES string of the molecule is CSc1cc2c(cc1Nc1ncnc3sc4c(c13)CCNC4)C=NC2. The van der Waals surface area contributed by atoms with E-state index in [0.717, 1.165) is 42.4 Å². The van der Waals surface area contributed by atoms with Crippen LogP contribution < -0.4 is 10.6 Å². The third-order valence-corrected chi connectivity index (χ3v) is 6.63. The van der Waals surface area contributed by atoms with Crippen molar-refractivity contribution in [3.8, 4) is 0 Å². The van der Waals surface area contributed by atoms with Gasteiger partial charge in [-0.3, -0.25) is 4.99 Å². The van der Waals surface area contributed by atoms with Crippen LogP contribution in [0.4, 0.5) is 11.5 Å². The number of aliphatic imine (C=N–C) groups is 1. The summed E-state index contributed by atoms with van der Waals surface area (Å²) in [6.45, 7) is 2.73. The van der Waals surface area contributed by atoms with Crippen LogP contribution in [0.5, 0.6) is 0 Å². The number of nitrogens with zero attached hydrogens (tertiary/aromatic N) is 3. The molecule has 1 aromatic carbocycles. The van der Waals surface area contributed by atoms with Crippen LogP contribution in [0.25, 0.3) is 10.2 Å². The molecule has 5 rings (SSSR count). The smallest absolute Gasteiger partial charge is 0.142 e. The van der Waals surface area contributed by atoms with Crippen LogP contribution in [-0.4, -0.2) is 29.0 Å². The maximum absolute atomic E-state index is 4.57. The van der Waals surface area contributed by atoms with Crippen molar-refractivity contribution in [1.29, 1.82) is 0 Å². The lowest BCUT2D eigenvalue weighted by Crippen LogP contribution is -2.22. The number of rotatable bonds is 3. The Morgan fingerprint density at radius 1 is 1.28 bits per heavy atom. The highest BCUT2D eigenvalue weighted by Crippen LogP contribution is 2.38. The lowest BCUT2D eigenvalue weighted by atomic mass is 10.1. The average Bonchev–Trinajstić information content (AvgIpc) is 3.24. The number of hydrogen-bond acceptors (Lipinski definition) is 7. The van der Waals surface area contributed by atoms with Gasteiger partial charge in [-0.15, -0.1) is 23.1 Å². The number of benzene rings is 1. The average molecular weight is 368 g/mol. The molecule has 3 aromatic rings. The molecule has 0 bridgehead atoms. The van der Waals surface area contributed by atoms with Crippen molar-refractivity contribution in [2.75, 3.05) is 18.1 Å². The van der Waals surface area contributed by atoms with Crippen LogP contribution in [0.1, 0.15) is 21.6 Å². The van der Waals surface area contributed by atoms with Gasteiger partial charge >= 0.3 is 0 Å². The van der Waals surface area contributed by atoms with Gasteiger partial charge in [0.1, 0.15) is 17.0 Å². The van der Waals surface area contributed by atoms with Gasteiger partial charge in [0, 0.05) is 22.5 Å². The lowest BCUT2D eigenvalue weighted by Gasteiger charge is -2.15. The van der Waals surface area contributed by atoms with Crippen LogP contribution in [0.15, 0.2) is 28.3 Å². The highest BCUT2D eigenvalue weighted by Gasteiger charge is 2.20. The predicted octanol–water partition coefficient (Wildman–Crippen LogP) is 3.74. The first-order valence-electron chi connectivity index (χ1n) is 8.27. The molecule has 2 aliphatic rings. The zero-order chi connectivity index (χ0) is 16.8. The summed E-state index contributed by atoms with van der Waals surface area (Å²) in [7, 11) is 0. The summed E-state index contributed by atoms with van der Waals surface area (Å²) in [5.41, 5.74) is 4.98. The Morgan fingerprint density at radius 2 is 2.24 bits per heavy atom. The maximum atomic E-state index is 4.57. The second-order valence-electron chi connectivity index (χ2n) is 6.18. The number of thiophene rings is 1. The summed E-state index contributed by atoms with van der Waals surface area (Å²) in [6, 6.07) is 4.42. The van der Waals surface area contributed by atoms with Gasteiger partial charge in [0.15, 0.2) is 0 Å². The van der Waals surface area contributed by atoms with Crippen molar-refractivity contribution in [2.24, 2.45) is 4.99 Å². The Labute approximate surface area is 154 Å². The van der Waals surface area contributed by atoms with E-state index >= 15 is 0 Å². The zero-order valence-electron chi connectivity index (χ0n) is 13.8. The molecule has 7 heteroatoms. The number of thioether (sulfide) groups is 1. The Hall–Kier alpha value is -1.96. The van der Waals surface area contributed by atoms with E-state index in [4.69, 9.17) is 0 Å². The first kappa shape index (κ1) is 15.3. The Balaban J connectivity index is 1.63. The number of hydrogen-bond donors (Lipinski definition) is 2. The predicted molar refractivity (Wildman–Crippen MR) is 106 cm³/mol. The molecule has 0 saturated carbocycles. The summed E-state index contributed by atoms with van der Waals surface area (Å²) in [5.74, 6) is 0.912. The number of anilines is 2. The van der Waals surface area contributed by atoms with Crippen molar-refractivity contribution in [3.63, 3.8) is 0 Å². The first-order valence-corrected chi connectivity index (χ1v) is 10.3. The van der Waals surface area contributed by atoms with E-state index in [2.05, 4.69) is 44.0 Å². The zero-order valence-corrected chi connectivity index (χ0v) is 15.4. The molecule has 4 heterocycles. The van der Waals surface area contributed by atoms with Crippen LogP contribution >= 0.6 is 23.1 Å². The van der Waals surface area contributed by atoms with Crippen LogP contribution in [0.3, 0.4) is 0 Å². The molecule has 2 N–H and O–H groups in total. The Kier molecular flexibility index (Phi) is 3.73. The van der Waals surface area contributed by atoms with Crippen LogP contribution in [0.2, 0.25) is 0 Å². The van der Waals surface area contributed by atoms with Gasteiger partial charge in [-0.2, -0.15) is 0 Å². The molecular formula is C18H17N5S2. The molecule has 0 amide bonds. The lowest BCUT2D eigenvalue weighted by molar-refractivity contribution is 0.657. The van der Waals surface area contributed by atoms with Crippen LogP contribution in [0, 0.1) is 0 Å². The summed E-state index contributed by atoms with van der Waals surface area (Å²) >= 11 is 3.52. The van der Waals surface area contributed by atoms with Crippen molar-refractivity contribution >= 4 is 51.0 Å². The van der Waals surface area contributed by atoms with Crippen molar-refractivity contribution < 1.29 is 0 Å². The molecule has 0 spiro atoms. The number of nitrogens with one attached hydrogen (secondary N) is 2. The molecule has 2 aliphatic heterocycles. The molecule has 0 unspecified atom stereocenters. The quantitative estimate of drug-likeness (QED) is 0.691. The van der Waals surface area contributed by atoms with E-state index in [9.17, 15) is 0 Å². The molecule has 126 valence electrons. The maximum Gasteiger partial charge on any atom is 0.142 e. The number of aromatic nitrogens is 2. The fourth-order valence-electron chi connectivity index (χ4n) is 3.49. The molecule has 0 atom stereocenters. The third kappa shape index (κ3) is 2.54. The minimum Gasteiger partial charge on any atom is -0.339 e. The molecule has 2 aromatic heterocycles. The Morgan fingerprint density at radius 3 is 3.16 bits per heavy atom. The fraction of sp³-hybridized carbons (Fsp3) is 0.278. The molecule has 0 radical (unpaired) electrons. The van der Waals surface area contributed by atoms with E-state index in [1.807, 2.05) is 6.21 Å². The molecule has 0 saturated heterocycles. The number of fused-ring (bicyclic) bond motifs is 4. The van der Waals surface area contributed by atoms with Crippen LogP contribution in [-0.2, 0) is 19.5 Å². The normalized spacial score (nSPS) is 15.4. The van der Waals surface area contributed by atoms with Gasteiger partial charge in [0.05, 0.1) is 17.6 Å². The summed E-state index contributed by atoms with van der Waals surface area (Å²) in [5, 5.41) is 8.21. The highest BCUT2D eigenvalue weighted by molar-refractivity contribution is 7.98. The molecule has 0 aliphatic carbocycles. The van der Waals surface area contributed by atoms with Gasteiger partial charge < -0.3 is 10.6 Å². The molecule has 5 nitrogen and oxygen atoms in total. The van der Waals surface area contributed by atoms with Gasteiger partial charge in [-0.1, -0.05) is 0 Å². The van der Waals surface area contributed by atoms with Crippen molar-refractivity contribution in [1.82, 2.24) is 15.3 Å². The van der Waals surface area contributed by atoms with Crippen molar-refractivity contribution in [3.05, 3.63) is 40.0 Å². The monoisotopic (exact) mass is 367 g/mol. The second kappa shape index (κ2) is 6.09. The van der Waals surface area contributed by atoms with E-state index in [1.54, 1.807) is 29.4 Å².